The van der Waals surface area contributed by atoms with Gasteiger partial charge in [-0.05, 0) is 30.9 Å². The topological polar surface area (TPSA) is 46.3 Å². The van der Waals surface area contributed by atoms with Crippen LogP contribution in [0.2, 0.25) is 0 Å². The highest BCUT2D eigenvalue weighted by molar-refractivity contribution is 7.80. The van der Waals surface area contributed by atoms with Crippen LogP contribution in [0.15, 0.2) is 24.3 Å². The maximum atomic E-state index is 12.8. The summed E-state index contributed by atoms with van der Waals surface area (Å²) in [6, 6.07) is 7.82. The summed E-state index contributed by atoms with van der Waals surface area (Å²) < 4.78 is 0. The quantitative estimate of drug-likeness (QED) is 0.849. The van der Waals surface area contributed by atoms with E-state index in [4.69, 9.17) is 18.0 Å². The van der Waals surface area contributed by atoms with Crippen molar-refractivity contribution in [3.63, 3.8) is 0 Å². The number of carbonyl (C=O) groups is 1. The molecule has 3 nitrogen and oxygen atoms in total. The van der Waals surface area contributed by atoms with E-state index in [1.807, 2.05) is 36.2 Å². The van der Waals surface area contributed by atoms with Gasteiger partial charge in [0.1, 0.15) is 4.99 Å². The van der Waals surface area contributed by atoms with Gasteiger partial charge in [0, 0.05) is 24.6 Å². The minimum absolute atomic E-state index is 0.129. The number of rotatable bonds is 5. The summed E-state index contributed by atoms with van der Waals surface area (Å²) in [6.45, 7) is 2.74. The lowest BCUT2D eigenvalue weighted by Crippen LogP contribution is -2.39. The van der Waals surface area contributed by atoms with Crippen LogP contribution >= 0.6 is 12.2 Å². The third kappa shape index (κ3) is 3.43. The molecule has 1 amide bonds. The molecule has 1 aromatic rings. The molecule has 0 heterocycles. The second kappa shape index (κ2) is 6.56. The van der Waals surface area contributed by atoms with Gasteiger partial charge in [0.05, 0.1) is 0 Å². The largest absolute Gasteiger partial charge is 0.389 e. The Morgan fingerprint density at radius 2 is 2.05 bits per heavy atom. The van der Waals surface area contributed by atoms with Crippen LogP contribution in [0.1, 0.15) is 50.2 Å². The Hall–Kier alpha value is -1.42. The van der Waals surface area contributed by atoms with Crippen molar-refractivity contribution in [1.82, 2.24) is 4.90 Å². The molecule has 0 unspecified atom stereocenters. The van der Waals surface area contributed by atoms with Gasteiger partial charge in [-0.2, -0.15) is 0 Å². The molecule has 0 spiro atoms. The Bertz CT molecular complexity index is 535. The van der Waals surface area contributed by atoms with Crippen LogP contribution in [0.25, 0.3) is 0 Å². The van der Waals surface area contributed by atoms with E-state index in [0.29, 0.717) is 11.5 Å². The Morgan fingerprint density at radius 1 is 1.38 bits per heavy atom. The highest BCUT2D eigenvalue weighted by Gasteiger charge is 2.40. The van der Waals surface area contributed by atoms with Crippen molar-refractivity contribution in [3.8, 4) is 0 Å². The number of carbonyl (C=O) groups excluding carboxylic acids is 1. The maximum absolute atomic E-state index is 12.8. The summed E-state index contributed by atoms with van der Waals surface area (Å²) in [5, 5.41) is 0. The first-order valence-corrected chi connectivity index (χ1v) is 8.03. The molecule has 4 heteroatoms. The van der Waals surface area contributed by atoms with Gasteiger partial charge in [-0.15, -0.1) is 0 Å². The second-order valence-electron chi connectivity index (χ2n) is 6.07. The molecule has 1 aliphatic rings. The van der Waals surface area contributed by atoms with E-state index in [0.717, 1.165) is 30.4 Å². The third-order valence-corrected chi connectivity index (χ3v) is 4.90. The lowest BCUT2D eigenvalue weighted by molar-refractivity contribution is -0.141. The Labute approximate surface area is 132 Å². The fourth-order valence-electron chi connectivity index (χ4n) is 3.34. The van der Waals surface area contributed by atoms with Gasteiger partial charge < -0.3 is 10.6 Å². The predicted molar refractivity (Wildman–Crippen MR) is 90.0 cm³/mol. The first-order valence-electron chi connectivity index (χ1n) is 7.63. The number of nitrogens with zero attached hydrogens (tertiary/aromatic N) is 1. The van der Waals surface area contributed by atoms with Gasteiger partial charge in [-0.1, -0.05) is 50.2 Å². The number of thiocarbonyl (C=S) groups is 1. The van der Waals surface area contributed by atoms with Gasteiger partial charge >= 0.3 is 0 Å². The molecule has 1 saturated carbocycles. The number of hydrogen-bond acceptors (Lipinski definition) is 2. The summed E-state index contributed by atoms with van der Waals surface area (Å²) in [4.78, 5) is 15.0. The van der Waals surface area contributed by atoms with Crippen LogP contribution < -0.4 is 5.73 Å². The zero-order valence-electron chi connectivity index (χ0n) is 12.9. The minimum atomic E-state index is -0.129. The molecule has 1 aromatic carbocycles. The molecule has 114 valence electrons. The smallest absolute Gasteiger partial charge is 0.228 e. The summed E-state index contributed by atoms with van der Waals surface area (Å²) in [6.07, 6.45) is 5.33. The van der Waals surface area contributed by atoms with E-state index >= 15 is 0 Å². The van der Waals surface area contributed by atoms with Crippen LogP contribution in [0.3, 0.4) is 0 Å². The highest BCUT2D eigenvalue weighted by Crippen LogP contribution is 2.42. The molecule has 0 radical (unpaired) electrons. The Morgan fingerprint density at radius 3 is 2.62 bits per heavy atom. The standard InChI is InChI=1S/C17H24N2OS/c1-3-17(9-4-5-10-17)16(20)19(2)12-13-7-6-8-14(11-13)15(18)21/h6-8,11H,3-5,9-10,12H2,1-2H3,(H2,18,21). The lowest BCUT2D eigenvalue weighted by Gasteiger charge is -2.31. The summed E-state index contributed by atoms with van der Waals surface area (Å²) in [7, 11) is 1.89. The van der Waals surface area contributed by atoms with Crippen molar-refractivity contribution in [2.45, 2.75) is 45.6 Å². The summed E-state index contributed by atoms with van der Waals surface area (Å²) in [5.74, 6) is 0.281. The number of benzene rings is 1. The van der Waals surface area contributed by atoms with Gasteiger partial charge in [-0.3, -0.25) is 4.79 Å². The molecule has 1 aliphatic carbocycles. The lowest BCUT2D eigenvalue weighted by atomic mass is 9.82. The van der Waals surface area contributed by atoms with E-state index in [1.54, 1.807) is 0 Å². The molecule has 0 aliphatic heterocycles. The van der Waals surface area contributed by atoms with E-state index in [9.17, 15) is 4.79 Å². The molecule has 0 atom stereocenters. The predicted octanol–water partition coefficient (Wildman–Crippen LogP) is 3.25. The van der Waals surface area contributed by atoms with Crippen molar-refractivity contribution >= 4 is 23.1 Å². The minimum Gasteiger partial charge on any atom is -0.389 e. The first-order chi connectivity index (χ1) is 9.98. The Kier molecular flexibility index (Phi) is 4.99. The van der Waals surface area contributed by atoms with Gasteiger partial charge in [0.15, 0.2) is 0 Å². The van der Waals surface area contributed by atoms with Gasteiger partial charge in [0.25, 0.3) is 0 Å². The average Bonchev–Trinajstić information content (AvgIpc) is 2.96. The van der Waals surface area contributed by atoms with Crippen molar-refractivity contribution in [1.29, 1.82) is 0 Å². The molecule has 21 heavy (non-hydrogen) atoms. The van der Waals surface area contributed by atoms with E-state index in [2.05, 4.69) is 6.92 Å². The molecule has 2 N–H and O–H groups in total. The monoisotopic (exact) mass is 304 g/mol. The van der Waals surface area contributed by atoms with Crippen molar-refractivity contribution in [2.75, 3.05) is 7.05 Å². The van der Waals surface area contributed by atoms with Crippen molar-refractivity contribution in [3.05, 3.63) is 35.4 Å². The van der Waals surface area contributed by atoms with Crippen LogP contribution in [0.5, 0.6) is 0 Å². The van der Waals surface area contributed by atoms with Crippen LogP contribution in [-0.4, -0.2) is 22.8 Å². The fourth-order valence-corrected chi connectivity index (χ4v) is 3.47. The van der Waals surface area contributed by atoms with Gasteiger partial charge in [0.2, 0.25) is 5.91 Å². The van der Waals surface area contributed by atoms with Crippen molar-refractivity contribution < 1.29 is 4.79 Å². The molecule has 2 rings (SSSR count). The number of amides is 1. The number of nitrogens with two attached hydrogens (primary N) is 1. The third-order valence-electron chi connectivity index (χ3n) is 4.67. The molecule has 0 bridgehead atoms. The molecular weight excluding hydrogens is 280 g/mol. The summed E-state index contributed by atoms with van der Waals surface area (Å²) in [5.41, 5.74) is 7.46. The molecule has 0 aromatic heterocycles. The molecule has 1 fully saturated rings. The first kappa shape index (κ1) is 16.0. The van der Waals surface area contributed by atoms with E-state index in [-0.39, 0.29) is 11.3 Å². The normalized spacial score (nSPS) is 16.7. The van der Waals surface area contributed by atoms with Crippen molar-refractivity contribution in [2.24, 2.45) is 11.1 Å². The average molecular weight is 304 g/mol. The van der Waals surface area contributed by atoms with E-state index < -0.39 is 0 Å². The maximum Gasteiger partial charge on any atom is 0.228 e. The zero-order chi connectivity index (χ0) is 15.5. The fraction of sp³-hybridized carbons (Fsp3) is 0.529. The zero-order valence-corrected chi connectivity index (χ0v) is 13.7. The Balaban J connectivity index is 2.10. The van der Waals surface area contributed by atoms with Crippen LogP contribution in [-0.2, 0) is 11.3 Å². The van der Waals surface area contributed by atoms with Crippen LogP contribution in [0.4, 0.5) is 0 Å². The SMILES string of the molecule is CCC1(C(=O)N(C)Cc2cccc(C(N)=S)c2)CCCC1. The molecule has 0 saturated heterocycles. The van der Waals surface area contributed by atoms with E-state index in [1.165, 1.54) is 12.8 Å². The highest BCUT2D eigenvalue weighted by atomic mass is 32.1. The van der Waals surface area contributed by atoms with Crippen LogP contribution in [0, 0.1) is 5.41 Å². The molecular formula is C17H24N2OS. The van der Waals surface area contributed by atoms with Gasteiger partial charge in [-0.25, -0.2) is 0 Å². The second-order valence-corrected chi connectivity index (χ2v) is 6.51. The number of hydrogen-bond donors (Lipinski definition) is 1. The summed E-state index contributed by atoms with van der Waals surface area (Å²) >= 11 is 5.01.